The summed E-state index contributed by atoms with van der Waals surface area (Å²) in [6.07, 6.45) is 4.39. The average molecular weight is 320 g/mol. The number of carbonyl (C=O) groups is 1. The van der Waals surface area contributed by atoms with Gasteiger partial charge in [-0.2, -0.15) is 0 Å². The van der Waals surface area contributed by atoms with Gasteiger partial charge in [-0.3, -0.25) is 4.79 Å². The van der Waals surface area contributed by atoms with Crippen molar-refractivity contribution in [3.05, 3.63) is 82.4 Å². The van der Waals surface area contributed by atoms with Gasteiger partial charge in [0.2, 0.25) is 0 Å². The fraction of sp³-hybridized carbons (Fsp3) is 0.348. The highest BCUT2D eigenvalue weighted by molar-refractivity contribution is 5.86. The van der Waals surface area contributed by atoms with Gasteiger partial charge in [0.25, 0.3) is 0 Å². The highest BCUT2D eigenvalue weighted by atomic mass is 16.1. The second-order valence-corrected chi connectivity index (χ2v) is 6.70. The van der Waals surface area contributed by atoms with Crippen molar-refractivity contribution in [1.82, 2.24) is 0 Å². The third-order valence-electron chi connectivity index (χ3n) is 4.62. The normalized spacial score (nSPS) is 12.9. The first-order valence-corrected chi connectivity index (χ1v) is 8.80. The highest BCUT2D eigenvalue weighted by Crippen LogP contribution is 2.22. The Labute approximate surface area is 146 Å². The van der Waals surface area contributed by atoms with Crippen LogP contribution in [0.25, 0.3) is 0 Å². The van der Waals surface area contributed by atoms with Crippen LogP contribution in [0.5, 0.6) is 0 Å². The van der Waals surface area contributed by atoms with Crippen molar-refractivity contribution in [2.75, 3.05) is 0 Å². The standard InChI is InChI=1S/C23H28O/c1-5-22(20-9-7-6-8-10-20)23(24)14-12-18(3)16-21-13-11-17(2)15-19(21)4/h6-13,15,22H,5,14,16H2,1-4H3/b18-12+. The number of allylic oxidation sites excluding steroid dienone is 2. The third kappa shape index (κ3) is 4.92. The van der Waals surface area contributed by atoms with Crippen LogP contribution in [-0.4, -0.2) is 5.78 Å². The van der Waals surface area contributed by atoms with Crippen LogP contribution in [0.4, 0.5) is 0 Å². The monoisotopic (exact) mass is 320 g/mol. The van der Waals surface area contributed by atoms with E-state index in [0.29, 0.717) is 12.2 Å². The van der Waals surface area contributed by atoms with Gasteiger partial charge in [-0.05, 0) is 50.3 Å². The molecule has 0 aliphatic heterocycles. The van der Waals surface area contributed by atoms with Crippen molar-refractivity contribution < 1.29 is 4.79 Å². The molecule has 2 aromatic rings. The predicted octanol–water partition coefficient (Wildman–Crippen LogP) is 5.95. The Hall–Kier alpha value is -2.15. The maximum Gasteiger partial charge on any atom is 0.144 e. The number of ketones is 1. The van der Waals surface area contributed by atoms with Crippen LogP contribution in [-0.2, 0) is 11.2 Å². The van der Waals surface area contributed by atoms with Crippen LogP contribution < -0.4 is 0 Å². The maximum atomic E-state index is 12.6. The van der Waals surface area contributed by atoms with Crippen molar-refractivity contribution in [2.45, 2.75) is 52.9 Å². The van der Waals surface area contributed by atoms with Gasteiger partial charge in [0, 0.05) is 12.3 Å². The van der Waals surface area contributed by atoms with Gasteiger partial charge < -0.3 is 0 Å². The van der Waals surface area contributed by atoms with Crippen LogP contribution in [0, 0.1) is 13.8 Å². The summed E-state index contributed by atoms with van der Waals surface area (Å²) in [4.78, 5) is 12.6. The van der Waals surface area contributed by atoms with Crippen molar-refractivity contribution in [2.24, 2.45) is 0 Å². The van der Waals surface area contributed by atoms with Crippen LogP contribution in [0.1, 0.15) is 54.9 Å². The summed E-state index contributed by atoms with van der Waals surface area (Å²) in [7, 11) is 0. The lowest BCUT2D eigenvalue weighted by atomic mass is 9.90. The summed E-state index contributed by atoms with van der Waals surface area (Å²) < 4.78 is 0. The molecule has 0 radical (unpaired) electrons. The molecule has 24 heavy (non-hydrogen) atoms. The second kappa shape index (κ2) is 8.63. The first kappa shape index (κ1) is 18.2. The van der Waals surface area contributed by atoms with E-state index in [9.17, 15) is 4.79 Å². The van der Waals surface area contributed by atoms with E-state index in [1.807, 2.05) is 18.2 Å². The zero-order valence-corrected chi connectivity index (χ0v) is 15.3. The topological polar surface area (TPSA) is 17.1 Å². The Morgan fingerprint density at radius 2 is 1.79 bits per heavy atom. The molecule has 0 amide bonds. The summed E-state index contributed by atoms with van der Waals surface area (Å²) in [5.41, 5.74) is 6.35. The molecule has 0 saturated carbocycles. The van der Waals surface area contributed by atoms with Gasteiger partial charge in [-0.1, -0.05) is 72.7 Å². The molecular weight excluding hydrogens is 292 g/mol. The van der Waals surface area contributed by atoms with E-state index in [2.05, 4.69) is 64.1 Å². The number of carbonyl (C=O) groups excluding carboxylic acids is 1. The van der Waals surface area contributed by atoms with Crippen LogP contribution in [0.2, 0.25) is 0 Å². The molecule has 2 aromatic carbocycles. The molecule has 0 heterocycles. The number of hydrogen-bond acceptors (Lipinski definition) is 1. The number of aryl methyl sites for hydroxylation is 2. The van der Waals surface area contributed by atoms with Crippen molar-refractivity contribution in [1.29, 1.82) is 0 Å². The lowest BCUT2D eigenvalue weighted by Gasteiger charge is -2.13. The zero-order chi connectivity index (χ0) is 17.5. The van der Waals surface area contributed by atoms with Crippen LogP contribution >= 0.6 is 0 Å². The summed E-state index contributed by atoms with van der Waals surface area (Å²) in [5.74, 6) is 0.319. The SMILES string of the molecule is CCC(C(=O)C/C=C(\C)Cc1ccc(C)cc1C)c1ccccc1. The number of hydrogen-bond donors (Lipinski definition) is 0. The fourth-order valence-corrected chi connectivity index (χ4v) is 3.17. The van der Waals surface area contributed by atoms with E-state index in [1.54, 1.807) is 0 Å². The molecule has 1 unspecified atom stereocenters. The Bertz CT molecular complexity index is 710. The number of benzene rings is 2. The molecule has 0 bridgehead atoms. The van der Waals surface area contributed by atoms with Gasteiger partial charge in [0.1, 0.15) is 5.78 Å². The molecule has 0 aromatic heterocycles. The highest BCUT2D eigenvalue weighted by Gasteiger charge is 2.17. The minimum atomic E-state index is 0.0105. The molecule has 1 atom stereocenters. The fourth-order valence-electron chi connectivity index (χ4n) is 3.17. The Kier molecular flexibility index (Phi) is 6.54. The molecule has 0 aliphatic rings. The molecule has 126 valence electrons. The number of Topliss-reactive ketones (excluding diaryl/α,β-unsaturated/α-hetero) is 1. The van der Waals surface area contributed by atoms with E-state index in [1.165, 1.54) is 22.3 Å². The quantitative estimate of drug-likeness (QED) is 0.576. The van der Waals surface area contributed by atoms with Crippen LogP contribution in [0.3, 0.4) is 0 Å². The van der Waals surface area contributed by atoms with Gasteiger partial charge in [0.15, 0.2) is 0 Å². The summed E-state index contributed by atoms with van der Waals surface area (Å²) in [6.45, 7) is 8.48. The molecule has 0 spiro atoms. The Morgan fingerprint density at radius 1 is 1.08 bits per heavy atom. The smallest absolute Gasteiger partial charge is 0.144 e. The predicted molar refractivity (Wildman–Crippen MR) is 102 cm³/mol. The van der Waals surface area contributed by atoms with E-state index >= 15 is 0 Å². The molecule has 0 aliphatic carbocycles. The Morgan fingerprint density at radius 3 is 2.42 bits per heavy atom. The van der Waals surface area contributed by atoms with Gasteiger partial charge >= 0.3 is 0 Å². The van der Waals surface area contributed by atoms with Crippen molar-refractivity contribution in [3.63, 3.8) is 0 Å². The van der Waals surface area contributed by atoms with E-state index < -0.39 is 0 Å². The van der Waals surface area contributed by atoms with E-state index in [-0.39, 0.29) is 5.92 Å². The minimum absolute atomic E-state index is 0.0105. The lowest BCUT2D eigenvalue weighted by Crippen LogP contribution is -2.11. The summed E-state index contributed by atoms with van der Waals surface area (Å²) in [5, 5.41) is 0. The first-order valence-electron chi connectivity index (χ1n) is 8.80. The second-order valence-electron chi connectivity index (χ2n) is 6.70. The number of rotatable bonds is 7. The molecule has 0 N–H and O–H groups in total. The van der Waals surface area contributed by atoms with Gasteiger partial charge in [0.05, 0.1) is 0 Å². The zero-order valence-electron chi connectivity index (χ0n) is 15.3. The van der Waals surface area contributed by atoms with Crippen molar-refractivity contribution >= 4 is 5.78 Å². The Balaban J connectivity index is 2.01. The minimum Gasteiger partial charge on any atom is -0.299 e. The molecule has 1 nitrogen and oxygen atoms in total. The van der Waals surface area contributed by atoms with Crippen molar-refractivity contribution in [3.8, 4) is 0 Å². The molecule has 0 saturated heterocycles. The largest absolute Gasteiger partial charge is 0.299 e. The molecular formula is C23H28O. The third-order valence-corrected chi connectivity index (χ3v) is 4.62. The lowest BCUT2D eigenvalue weighted by molar-refractivity contribution is -0.119. The van der Waals surface area contributed by atoms with Gasteiger partial charge in [-0.15, -0.1) is 0 Å². The molecule has 0 fully saturated rings. The first-order chi connectivity index (χ1) is 11.5. The summed E-state index contributed by atoms with van der Waals surface area (Å²) in [6, 6.07) is 16.7. The molecule has 2 rings (SSSR count). The van der Waals surface area contributed by atoms with Crippen LogP contribution in [0.15, 0.2) is 60.2 Å². The van der Waals surface area contributed by atoms with E-state index in [4.69, 9.17) is 0 Å². The van der Waals surface area contributed by atoms with Gasteiger partial charge in [-0.25, -0.2) is 0 Å². The average Bonchev–Trinajstić information content (AvgIpc) is 2.57. The van der Waals surface area contributed by atoms with E-state index in [0.717, 1.165) is 18.4 Å². The molecule has 1 heteroatoms. The maximum absolute atomic E-state index is 12.6. The summed E-state index contributed by atoms with van der Waals surface area (Å²) >= 11 is 0.